The molecule has 0 radical (unpaired) electrons. The highest BCUT2D eigenvalue weighted by molar-refractivity contribution is 6.09. The molecule has 0 aliphatic heterocycles. The van der Waals surface area contributed by atoms with Gasteiger partial charge in [-0.1, -0.05) is 0 Å². The van der Waals surface area contributed by atoms with Crippen LogP contribution in [0.15, 0.2) is 30.5 Å². The Morgan fingerprint density at radius 1 is 1.06 bits per heavy atom. The number of methoxy groups -OCH3 is 1. The fraction of sp³-hybridized carbons (Fsp3) is 0.444. The molecule has 2 amide bonds. The standard InChI is InChI=1S/C27H32N4O5/c1-15-23(26(32)30-17-5-7-18(8-6-17)31-27(33)34)25-24(29-15)21(11-12-28-25)20-10-9-19(35-2)13-22(20)36-14-16-3-4-16/h9-13,16-18,29,31H,3-8,14H2,1-2H3,(H,30,32)(H,33,34)/t17-,18-. The number of aryl methyl sites for hydroxylation is 1. The van der Waals surface area contributed by atoms with Crippen LogP contribution in [0.25, 0.3) is 22.2 Å². The van der Waals surface area contributed by atoms with E-state index in [1.807, 2.05) is 31.2 Å². The summed E-state index contributed by atoms with van der Waals surface area (Å²) in [6.07, 6.45) is 5.97. The highest BCUT2D eigenvalue weighted by Crippen LogP contribution is 2.39. The predicted molar refractivity (Wildman–Crippen MR) is 136 cm³/mol. The summed E-state index contributed by atoms with van der Waals surface area (Å²) < 4.78 is 11.6. The van der Waals surface area contributed by atoms with E-state index in [0.717, 1.165) is 46.7 Å². The second-order valence-corrected chi connectivity index (χ2v) is 9.80. The molecule has 2 fully saturated rings. The van der Waals surface area contributed by atoms with E-state index in [-0.39, 0.29) is 18.0 Å². The van der Waals surface area contributed by atoms with Gasteiger partial charge in [-0.15, -0.1) is 0 Å². The van der Waals surface area contributed by atoms with Gasteiger partial charge in [0.05, 0.1) is 24.8 Å². The number of aromatic nitrogens is 2. The van der Waals surface area contributed by atoms with Crippen LogP contribution in [0.1, 0.15) is 54.6 Å². The Morgan fingerprint density at radius 3 is 2.44 bits per heavy atom. The zero-order valence-corrected chi connectivity index (χ0v) is 20.6. The topological polar surface area (TPSA) is 126 Å². The quantitative estimate of drug-likeness (QED) is 0.363. The van der Waals surface area contributed by atoms with Gasteiger partial charge in [-0.3, -0.25) is 9.78 Å². The molecule has 2 aromatic heterocycles. The summed E-state index contributed by atoms with van der Waals surface area (Å²) in [5.74, 6) is 1.92. The zero-order chi connectivity index (χ0) is 25.2. The Labute approximate surface area is 209 Å². The molecule has 4 N–H and O–H groups in total. The molecule has 2 aliphatic rings. The van der Waals surface area contributed by atoms with Crippen LogP contribution in [0.4, 0.5) is 4.79 Å². The number of fused-ring (bicyclic) bond motifs is 1. The fourth-order valence-electron chi connectivity index (χ4n) is 4.99. The Morgan fingerprint density at radius 2 is 1.78 bits per heavy atom. The first kappa shape index (κ1) is 24.0. The van der Waals surface area contributed by atoms with E-state index in [1.165, 1.54) is 12.8 Å². The van der Waals surface area contributed by atoms with Crippen molar-refractivity contribution in [3.63, 3.8) is 0 Å². The second kappa shape index (κ2) is 10.1. The molecule has 3 aromatic rings. The van der Waals surface area contributed by atoms with Crippen LogP contribution in [0.3, 0.4) is 0 Å². The summed E-state index contributed by atoms with van der Waals surface area (Å²) in [7, 11) is 1.64. The number of nitrogens with one attached hydrogen (secondary N) is 3. The lowest BCUT2D eigenvalue weighted by molar-refractivity contribution is 0.0924. The summed E-state index contributed by atoms with van der Waals surface area (Å²) >= 11 is 0. The third-order valence-electron chi connectivity index (χ3n) is 7.14. The molecule has 2 saturated carbocycles. The predicted octanol–water partition coefficient (Wildman–Crippen LogP) is 4.64. The number of rotatable bonds is 8. The summed E-state index contributed by atoms with van der Waals surface area (Å²) in [6.45, 7) is 2.56. The molecule has 0 spiro atoms. The van der Waals surface area contributed by atoms with Gasteiger partial charge in [0.25, 0.3) is 5.91 Å². The molecular weight excluding hydrogens is 460 g/mol. The Kier molecular flexibility index (Phi) is 6.71. The molecule has 5 rings (SSSR count). The third-order valence-corrected chi connectivity index (χ3v) is 7.14. The van der Waals surface area contributed by atoms with Crippen LogP contribution in [0.2, 0.25) is 0 Å². The number of aromatic amines is 1. The lowest BCUT2D eigenvalue weighted by Gasteiger charge is -2.28. The average Bonchev–Trinajstić information content (AvgIpc) is 3.63. The third kappa shape index (κ3) is 5.10. The number of ether oxygens (including phenoxy) is 2. The number of hydrogen-bond acceptors (Lipinski definition) is 5. The van der Waals surface area contributed by atoms with Gasteiger partial charge in [0.1, 0.15) is 17.0 Å². The summed E-state index contributed by atoms with van der Waals surface area (Å²) in [4.78, 5) is 32.2. The normalized spacial score (nSPS) is 19.6. The number of H-pyrrole nitrogens is 1. The summed E-state index contributed by atoms with van der Waals surface area (Å²) in [5, 5.41) is 14.6. The first-order chi connectivity index (χ1) is 17.4. The van der Waals surface area contributed by atoms with Crippen molar-refractivity contribution in [3.05, 3.63) is 41.7 Å². The second-order valence-electron chi connectivity index (χ2n) is 9.80. The molecule has 1 aromatic carbocycles. The highest BCUT2D eigenvalue weighted by atomic mass is 16.5. The number of carbonyl (C=O) groups is 2. The maximum absolute atomic E-state index is 13.3. The maximum atomic E-state index is 13.3. The molecule has 0 unspecified atom stereocenters. The van der Waals surface area contributed by atoms with Crippen LogP contribution in [-0.2, 0) is 0 Å². The van der Waals surface area contributed by atoms with Crippen molar-refractivity contribution in [3.8, 4) is 22.6 Å². The number of carboxylic acid groups (broad SMARTS) is 1. The van der Waals surface area contributed by atoms with Crippen molar-refractivity contribution in [1.82, 2.24) is 20.6 Å². The van der Waals surface area contributed by atoms with Gasteiger partial charge in [-0.2, -0.15) is 0 Å². The monoisotopic (exact) mass is 492 g/mol. The number of amides is 2. The minimum absolute atomic E-state index is 0.000826. The Bertz CT molecular complexity index is 1270. The lowest BCUT2D eigenvalue weighted by atomic mass is 9.91. The largest absolute Gasteiger partial charge is 0.497 e. The molecule has 2 heterocycles. The smallest absolute Gasteiger partial charge is 0.404 e. The highest BCUT2D eigenvalue weighted by Gasteiger charge is 2.27. The molecule has 190 valence electrons. The molecular formula is C27H32N4O5. The number of pyridine rings is 1. The summed E-state index contributed by atoms with van der Waals surface area (Å²) in [5.41, 5.74) is 4.52. The molecule has 0 atom stereocenters. The van der Waals surface area contributed by atoms with Crippen LogP contribution < -0.4 is 20.1 Å². The van der Waals surface area contributed by atoms with Crippen LogP contribution in [-0.4, -0.2) is 52.9 Å². The molecule has 0 saturated heterocycles. The van der Waals surface area contributed by atoms with Crippen LogP contribution in [0, 0.1) is 12.8 Å². The minimum atomic E-state index is -1.00. The van der Waals surface area contributed by atoms with Crippen molar-refractivity contribution in [2.24, 2.45) is 5.92 Å². The van der Waals surface area contributed by atoms with Crippen molar-refractivity contribution >= 4 is 23.0 Å². The maximum Gasteiger partial charge on any atom is 0.404 e. The van der Waals surface area contributed by atoms with Crippen LogP contribution in [0.5, 0.6) is 11.5 Å². The first-order valence-electron chi connectivity index (χ1n) is 12.5. The molecule has 9 nitrogen and oxygen atoms in total. The minimum Gasteiger partial charge on any atom is -0.497 e. The lowest BCUT2D eigenvalue weighted by Crippen LogP contribution is -2.43. The van der Waals surface area contributed by atoms with Crippen molar-refractivity contribution in [2.45, 2.75) is 57.5 Å². The number of hydrogen-bond donors (Lipinski definition) is 4. The van der Waals surface area contributed by atoms with Crippen LogP contribution >= 0.6 is 0 Å². The Balaban J connectivity index is 1.40. The Hall–Kier alpha value is -3.75. The first-order valence-corrected chi connectivity index (χ1v) is 12.5. The van der Waals surface area contributed by atoms with Crippen molar-refractivity contribution < 1.29 is 24.2 Å². The van der Waals surface area contributed by atoms with E-state index in [0.29, 0.717) is 36.4 Å². The van der Waals surface area contributed by atoms with E-state index in [9.17, 15) is 9.59 Å². The summed E-state index contributed by atoms with van der Waals surface area (Å²) in [6, 6.07) is 7.67. The van der Waals surface area contributed by atoms with E-state index in [2.05, 4.69) is 20.6 Å². The number of benzene rings is 1. The molecule has 9 heteroatoms. The zero-order valence-electron chi connectivity index (χ0n) is 20.6. The van der Waals surface area contributed by atoms with Gasteiger partial charge >= 0.3 is 6.09 Å². The fourth-order valence-corrected chi connectivity index (χ4v) is 4.99. The van der Waals surface area contributed by atoms with E-state index < -0.39 is 6.09 Å². The van der Waals surface area contributed by atoms with Gasteiger partial charge in [0.15, 0.2) is 0 Å². The molecule has 36 heavy (non-hydrogen) atoms. The van der Waals surface area contributed by atoms with Gasteiger partial charge in [0, 0.05) is 41.2 Å². The molecule has 2 aliphatic carbocycles. The van der Waals surface area contributed by atoms with Gasteiger partial charge in [0.2, 0.25) is 0 Å². The van der Waals surface area contributed by atoms with E-state index in [1.54, 1.807) is 13.3 Å². The number of carbonyl (C=O) groups excluding carboxylic acids is 1. The van der Waals surface area contributed by atoms with E-state index >= 15 is 0 Å². The molecule has 0 bridgehead atoms. The van der Waals surface area contributed by atoms with Gasteiger partial charge < -0.3 is 30.2 Å². The van der Waals surface area contributed by atoms with Crippen molar-refractivity contribution in [1.29, 1.82) is 0 Å². The van der Waals surface area contributed by atoms with Gasteiger partial charge in [-0.25, -0.2) is 4.79 Å². The van der Waals surface area contributed by atoms with E-state index in [4.69, 9.17) is 14.6 Å². The number of nitrogens with zero attached hydrogens (tertiary/aromatic N) is 1. The van der Waals surface area contributed by atoms with Crippen molar-refractivity contribution in [2.75, 3.05) is 13.7 Å². The SMILES string of the molecule is COc1ccc(-c2ccnc3c(C(=O)N[C@H]4CC[C@H](NC(=O)O)CC4)c(C)[nH]c23)c(OCC2CC2)c1. The average molecular weight is 493 g/mol. The van der Waals surface area contributed by atoms with Gasteiger partial charge in [-0.05, 0) is 69.6 Å².